The topological polar surface area (TPSA) is 160 Å². The zero-order valence-corrected chi connectivity index (χ0v) is 20.2. The number of ether oxygens (including phenoxy) is 1. The van der Waals surface area contributed by atoms with Crippen LogP contribution in [0.3, 0.4) is 0 Å². The molecule has 2 amide bonds. The summed E-state index contributed by atoms with van der Waals surface area (Å²) in [6, 6.07) is 8.30. The SMILES string of the molecule is Nc1nc2ccc(NCC(=O)NC3C(=O)N4C(OC(=O)O)=C(C=Cc5cccnc5)CS[C@@H]34)cc2s1. The first kappa shape index (κ1) is 23.6. The number of hydrogen-bond donors (Lipinski definition) is 4. The molecule has 1 aromatic carbocycles. The van der Waals surface area contributed by atoms with Gasteiger partial charge in [0.1, 0.15) is 11.4 Å². The number of carbonyl (C=O) groups is 3. The molecule has 13 heteroatoms. The lowest BCUT2D eigenvalue weighted by molar-refractivity contribution is -0.148. The second kappa shape index (κ2) is 9.87. The minimum Gasteiger partial charge on any atom is -0.449 e. The lowest BCUT2D eigenvalue weighted by Crippen LogP contribution is -2.70. The molecule has 0 saturated carbocycles. The third kappa shape index (κ3) is 4.83. The number of aromatic nitrogens is 2. The Morgan fingerprint density at radius 1 is 1.31 bits per heavy atom. The molecule has 0 aliphatic carbocycles. The van der Waals surface area contributed by atoms with Crippen LogP contribution >= 0.6 is 23.1 Å². The number of nitrogens with one attached hydrogen (secondary N) is 2. The number of nitrogens with zero attached hydrogens (tertiary/aromatic N) is 3. The highest BCUT2D eigenvalue weighted by atomic mass is 32.2. The number of fused-ring (bicyclic) bond motifs is 2. The van der Waals surface area contributed by atoms with Crippen molar-refractivity contribution in [3.63, 3.8) is 0 Å². The molecule has 1 saturated heterocycles. The zero-order chi connectivity index (χ0) is 25.2. The highest BCUT2D eigenvalue weighted by molar-refractivity contribution is 8.00. The van der Waals surface area contributed by atoms with E-state index < -0.39 is 23.5 Å². The van der Waals surface area contributed by atoms with Gasteiger partial charge >= 0.3 is 6.16 Å². The first-order valence-corrected chi connectivity index (χ1v) is 12.6. The van der Waals surface area contributed by atoms with Crippen LogP contribution in [0, 0.1) is 0 Å². The number of nitrogen functional groups attached to an aromatic ring is 1. The first-order chi connectivity index (χ1) is 17.4. The summed E-state index contributed by atoms with van der Waals surface area (Å²) in [5, 5.41) is 15.0. The van der Waals surface area contributed by atoms with E-state index in [1.165, 1.54) is 28.0 Å². The Hall–Kier alpha value is -4.10. The van der Waals surface area contributed by atoms with Crippen molar-refractivity contribution in [1.29, 1.82) is 0 Å². The Labute approximate surface area is 213 Å². The van der Waals surface area contributed by atoms with Crippen molar-refractivity contribution < 1.29 is 24.2 Å². The van der Waals surface area contributed by atoms with Crippen LogP contribution in [0.1, 0.15) is 5.56 Å². The number of carbonyl (C=O) groups excluding carboxylic acids is 2. The maximum atomic E-state index is 12.9. The number of thiazole rings is 1. The highest BCUT2D eigenvalue weighted by Crippen LogP contribution is 2.41. The van der Waals surface area contributed by atoms with Crippen molar-refractivity contribution in [2.45, 2.75) is 11.4 Å². The summed E-state index contributed by atoms with van der Waals surface area (Å²) in [5.41, 5.74) is 8.59. The summed E-state index contributed by atoms with van der Waals surface area (Å²) in [5.74, 6) is -0.455. The molecule has 11 nitrogen and oxygen atoms in total. The number of hydrogen-bond acceptors (Lipinski definition) is 10. The normalized spacial score (nSPS) is 19.2. The number of amides is 2. The molecule has 2 atom stereocenters. The van der Waals surface area contributed by atoms with Gasteiger partial charge in [-0.3, -0.25) is 19.5 Å². The highest BCUT2D eigenvalue weighted by Gasteiger charge is 2.53. The van der Waals surface area contributed by atoms with Gasteiger partial charge in [0, 0.05) is 29.4 Å². The van der Waals surface area contributed by atoms with Crippen molar-refractivity contribution in [3.8, 4) is 0 Å². The van der Waals surface area contributed by atoms with Gasteiger partial charge in [0.05, 0.1) is 16.8 Å². The Morgan fingerprint density at radius 3 is 2.94 bits per heavy atom. The number of benzene rings is 1. The van der Waals surface area contributed by atoms with Crippen molar-refractivity contribution in [2.75, 3.05) is 23.3 Å². The molecule has 5 N–H and O–H groups in total. The molecule has 0 radical (unpaired) electrons. The van der Waals surface area contributed by atoms with E-state index >= 15 is 0 Å². The lowest BCUT2D eigenvalue weighted by atomic mass is 10.1. The smallest absolute Gasteiger partial charge is 0.449 e. The number of rotatable bonds is 7. The van der Waals surface area contributed by atoms with E-state index in [2.05, 4.69) is 20.6 Å². The predicted octanol–water partition coefficient (Wildman–Crippen LogP) is 2.70. The van der Waals surface area contributed by atoms with Crippen LogP contribution in [0.25, 0.3) is 16.3 Å². The van der Waals surface area contributed by atoms with Crippen LogP contribution in [0.4, 0.5) is 15.6 Å². The Kier molecular flexibility index (Phi) is 6.48. The molecule has 2 aliphatic heterocycles. The van der Waals surface area contributed by atoms with E-state index in [0.717, 1.165) is 21.5 Å². The van der Waals surface area contributed by atoms with Crippen molar-refractivity contribution in [1.82, 2.24) is 20.2 Å². The fourth-order valence-electron chi connectivity index (χ4n) is 3.82. The fourth-order valence-corrected chi connectivity index (χ4v) is 5.89. The molecule has 1 fully saturated rings. The average molecular weight is 525 g/mol. The molecular formula is C23H20N6O5S2. The number of pyridine rings is 1. The van der Waals surface area contributed by atoms with Crippen LogP contribution in [-0.4, -0.2) is 61.7 Å². The predicted molar refractivity (Wildman–Crippen MR) is 137 cm³/mol. The van der Waals surface area contributed by atoms with Gasteiger partial charge in [0.25, 0.3) is 5.91 Å². The Morgan fingerprint density at radius 2 is 2.17 bits per heavy atom. The lowest BCUT2D eigenvalue weighted by Gasteiger charge is -2.48. The maximum Gasteiger partial charge on any atom is 0.512 e. The quantitative estimate of drug-likeness (QED) is 0.267. The molecular weight excluding hydrogens is 504 g/mol. The number of nitrogens with two attached hydrogens (primary N) is 1. The van der Waals surface area contributed by atoms with Crippen molar-refractivity contribution in [2.24, 2.45) is 0 Å². The van der Waals surface area contributed by atoms with Crippen molar-refractivity contribution in [3.05, 3.63) is 65.8 Å². The van der Waals surface area contributed by atoms with E-state index in [-0.39, 0.29) is 18.3 Å². The van der Waals surface area contributed by atoms with Crippen LogP contribution < -0.4 is 16.4 Å². The largest absolute Gasteiger partial charge is 0.512 e. The average Bonchev–Trinajstić information content (AvgIpc) is 3.24. The standard InChI is InChI=1S/C23H20N6O5S2/c24-22-27-15-6-5-14(8-16(15)36-22)26-10-17(30)28-18-19(31)29-20(34-23(32)33)13(11-35-21(18)29)4-3-12-2-1-7-25-9-12/h1-9,18,21,26H,10-11H2,(H2,24,27)(H,28,30)(H,32,33)/t18?,21-/m0/s1. The monoisotopic (exact) mass is 524 g/mol. The third-order valence-corrected chi connectivity index (χ3v) is 7.62. The van der Waals surface area contributed by atoms with Crippen LogP contribution in [0.5, 0.6) is 0 Å². The minimum atomic E-state index is -1.52. The van der Waals surface area contributed by atoms with E-state index in [0.29, 0.717) is 16.5 Å². The molecule has 3 aromatic rings. The summed E-state index contributed by atoms with van der Waals surface area (Å²) < 4.78 is 5.87. The summed E-state index contributed by atoms with van der Waals surface area (Å²) in [6.45, 7) is -0.0472. The molecule has 5 rings (SSSR count). The van der Waals surface area contributed by atoms with E-state index in [1.54, 1.807) is 36.7 Å². The molecule has 2 aromatic heterocycles. The van der Waals surface area contributed by atoms with Crippen LogP contribution in [0.2, 0.25) is 0 Å². The molecule has 184 valence electrons. The second-order valence-corrected chi connectivity index (χ2v) is 10.0. The van der Waals surface area contributed by atoms with Gasteiger partial charge in [0.2, 0.25) is 11.8 Å². The Balaban J connectivity index is 1.24. The molecule has 0 bridgehead atoms. The number of thioether (sulfide) groups is 1. The molecule has 2 aliphatic rings. The summed E-state index contributed by atoms with van der Waals surface area (Å²) in [4.78, 5) is 46.3. The third-order valence-electron chi connectivity index (χ3n) is 5.47. The summed E-state index contributed by atoms with van der Waals surface area (Å²) in [6.07, 6.45) is 5.26. The molecule has 4 heterocycles. The van der Waals surface area contributed by atoms with E-state index in [4.69, 9.17) is 10.5 Å². The first-order valence-electron chi connectivity index (χ1n) is 10.7. The number of anilines is 2. The minimum absolute atomic E-state index is 0.0443. The van der Waals surface area contributed by atoms with Gasteiger partial charge in [-0.15, -0.1) is 11.8 Å². The van der Waals surface area contributed by atoms with Gasteiger partial charge < -0.3 is 26.2 Å². The Bertz CT molecular complexity index is 1410. The molecule has 36 heavy (non-hydrogen) atoms. The van der Waals surface area contributed by atoms with Gasteiger partial charge in [-0.05, 0) is 29.8 Å². The van der Waals surface area contributed by atoms with Gasteiger partial charge in [-0.1, -0.05) is 29.6 Å². The van der Waals surface area contributed by atoms with Gasteiger partial charge in [-0.25, -0.2) is 9.78 Å². The maximum absolute atomic E-state index is 12.9. The van der Waals surface area contributed by atoms with Gasteiger partial charge in [0.15, 0.2) is 5.13 Å². The summed E-state index contributed by atoms with van der Waals surface area (Å²) in [7, 11) is 0. The van der Waals surface area contributed by atoms with Crippen LogP contribution in [0.15, 0.2) is 60.3 Å². The number of carboxylic acid groups (broad SMARTS) is 1. The van der Waals surface area contributed by atoms with E-state index in [9.17, 15) is 19.5 Å². The van der Waals surface area contributed by atoms with E-state index in [1.807, 2.05) is 18.2 Å². The van der Waals surface area contributed by atoms with Crippen molar-refractivity contribution >= 4 is 68.2 Å². The van der Waals surface area contributed by atoms with Gasteiger partial charge in [-0.2, -0.15) is 0 Å². The van der Waals surface area contributed by atoms with Crippen LogP contribution in [-0.2, 0) is 14.3 Å². The number of β-lactam (4-membered cyclic amide) rings is 1. The molecule has 1 unspecified atom stereocenters. The fraction of sp³-hybridized carbons (Fsp3) is 0.174. The number of allylic oxidation sites excluding steroid dienone is 1. The zero-order valence-electron chi connectivity index (χ0n) is 18.6. The summed E-state index contributed by atoms with van der Waals surface area (Å²) >= 11 is 2.76. The second-order valence-electron chi connectivity index (χ2n) is 7.86. The molecule has 0 spiro atoms.